The number of rotatable bonds is 3. The number of nitrogens with zero attached hydrogens (tertiary/aromatic N) is 2. The smallest absolute Gasteiger partial charge is 0.254 e. The summed E-state index contributed by atoms with van der Waals surface area (Å²) < 4.78 is 5.54. The van der Waals surface area contributed by atoms with Crippen molar-refractivity contribution in [3.05, 3.63) is 17.6 Å². The summed E-state index contributed by atoms with van der Waals surface area (Å²) >= 11 is 0. The minimum absolute atomic E-state index is 0.117. The van der Waals surface area contributed by atoms with Crippen molar-refractivity contribution >= 4 is 11.7 Å². The van der Waals surface area contributed by atoms with Gasteiger partial charge >= 0.3 is 0 Å². The Morgan fingerprint density at radius 3 is 2.59 bits per heavy atom. The number of ether oxygens (including phenoxy) is 1. The fourth-order valence-corrected chi connectivity index (χ4v) is 2.27. The van der Waals surface area contributed by atoms with Crippen LogP contribution in [0.2, 0.25) is 0 Å². The summed E-state index contributed by atoms with van der Waals surface area (Å²) in [6, 6.07) is 0. The number of anilines is 1. The predicted octanol–water partition coefficient (Wildman–Crippen LogP) is 0.573. The first-order valence-electron chi connectivity index (χ1n) is 5.57. The van der Waals surface area contributed by atoms with Gasteiger partial charge in [-0.05, 0) is 25.7 Å². The molecule has 1 aromatic rings. The Kier molecular flexibility index (Phi) is 2.97. The molecule has 4 N–H and O–H groups in total. The number of carbonyl (C=O) groups excluding carboxylic acids is 1. The molecule has 6 heteroatoms. The van der Waals surface area contributed by atoms with Crippen molar-refractivity contribution in [2.24, 2.45) is 5.73 Å². The monoisotopic (exact) mass is 236 g/mol. The van der Waals surface area contributed by atoms with E-state index in [9.17, 15) is 4.79 Å². The summed E-state index contributed by atoms with van der Waals surface area (Å²) in [6.07, 6.45) is 5.28. The molecule has 1 aliphatic carbocycles. The molecule has 0 bridgehead atoms. The van der Waals surface area contributed by atoms with Gasteiger partial charge in [0, 0.05) is 13.3 Å². The van der Waals surface area contributed by atoms with Crippen LogP contribution < -0.4 is 11.5 Å². The molecule has 1 saturated carbocycles. The van der Waals surface area contributed by atoms with E-state index in [1.165, 1.54) is 6.20 Å². The van der Waals surface area contributed by atoms with E-state index in [0.29, 0.717) is 5.82 Å². The fraction of sp³-hybridized carbons (Fsp3) is 0.545. The zero-order valence-corrected chi connectivity index (χ0v) is 9.77. The normalized spacial score (nSPS) is 18.2. The van der Waals surface area contributed by atoms with Gasteiger partial charge in [-0.2, -0.15) is 0 Å². The van der Waals surface area contributed by atoms with Crippen molar-refractivity contribution in [3.8, 4) is 0 Å². The number of nitrogen functional groups attached to an aromatic ring is 1. The van der Waals surface area contributed by atoms with Gasteiger partial charge in [0.25, 0.3) is 5.91 Å². The van der Waals surface area contributed by atoms with Crippen LogP contribution in [0.3, 0.4) is 0 Å². The first-order chi connectivity index (χ1) is 8.09. The second-order valence-electron chi connectivity index (χ2n) is 4.26. The van der Waals surface area contributed by atoms with E-state index in [-0.39, 0.29) is 11.4 Å². The molecular weight excluding hydrogens is 220 g/mol. The zero-order chi connectivity index (χ0) is 12.5. The maximum Gasteiger partial charge on any atom is 0.254 e. The molecule has 0 unspecified atom stereocenters. The predicted molar refractivity (Wildman–Crippen MR) is 62.1 cm³/mol. The number of hydrogen-bond acceptors (Lipinski definition) is 5. The summed E-state index contributed by atoms with van der Waals surface area (Å²) in [5.74, 6) is 0.0396. The highest BCUT2D eigenvalue weighted by Gasteiger charge is 2.38. The fourth-order valence-electron chi connectivity index (χ4n) is 2.27. The third-order valence-electron chi connectivity index (χ3n) is 3.29. The Hall–Kier alpha value is -1.69. The molecule has 6 nitrogen and oxygen atoms in total. The average Bonchev–Trinajstić information content (AvgIpc) is 2.78. The molecular formula is C11H16N4O2. The largest absolute Gasteiger partial charge is 0.383 e. The highest BCUT2D eigenvalue weighted by molar-refractivity contribution is 5.96. The Labute approximate surface area is 99.4 Å². The van der Waals surface area contributed by atoms with Gasteiger partial charge in [0.1, 0.15) is 11.4 Å². The van der Waals surface area contributed by atoms with Crippen LogP contribution in [-0.4, -0.2) is 23.0 Å². The molecule has 0 saturated heterocycles. The van der Waals surface area contributed by atoms with Gasteiger partial charge in [-0.25, -0.2) is 9.97 Å². The first kappa shape index (κ1) is 11.8. The lowest BCUT2D eigenvalue weighted by Crippen LogP contribution is -2.28. The SMILES string of the molecule is COC1(c2ncc(C(N)=O)c(N)n2)CCCC1. The van der Waals surface area contributed by atoms with Gasteiger partial charge in [-0.15, -0.1) is 0 Å². The van der Waals surface area contributed by atoms with Crippen molar-refractivity contribution in [1.82, 2.24) is 9.97 Å². The number of aromatic nitrogens is 2. The minimum Gasteiger partial charge on any atom is -0.383 e. The van der Waals surface area contributed by atoms with Crippen molar-refractivity contribution in [1.29, 1.82) is 0 Å². The van der Waals surface area contributed by atoms with Crippen molar-refractivity contribution in [2.45, 2.75) is 31.3 Å². The van der Waals surface area contributed by atoms with Crippen molar-refractivity contribution in [2.75, 3.05) is 12.8 Å². The molecule has 92 valence electrons. The second kappa shape index (κ2) is 4.29. The van der Waals surface area contributed by atoms with Crippen LogP contribution in [0.5, 0.6) is 0 Å². The number of hydrogen-bond donors (Lipinski definition) is 2. The molecule has 1 aromatic heterocycles. The van der Waals surface area contributed by atoms with E-state index >= 15 is 0 Å². The lowest BCUT2D eigenvalue weighted by atomic mass is 10.0. The third-order valence-corrected chi connectivity index (χ3v) is 3.29. The van der Waals surface area contributed by atoms with Gasteiger partial charge in [0.2, 0.25) is 0 Å². The van der Waals surface area contributed by atoms with Crippen LogP contribution in [0.1, 0.15) is 41.9 Å². The molecule has 0 atom stereocenters. The molecule has 0 aliphatic heterocycles. The van der Waals surface area contributed by atoms with E-state index in [2.05, 4.69) is 9.97 Å². The summed E-state index contributed by atoms with van der Waals surface area (Å²) in [5, 5.41) is 0. The van der Waals surface area contributed by atoms with Gasteiger partial charge in [-0.1, -0.05) is 0 Å². The Morgan fingerprint density at radius 2 is 2.12 bits per heavy atom. The minimum atomic E-state index is -0.619. The maximum atomic E-state index is 11.0. The summed E-state index contributed by atoms with van der Waals surface area (Å²) in [5.41, 5.74) is 10.5. The molecule has 1 fully saturated rings. The maximum absolute atomic E-state index is 11.0. The van der Waals surface area contributed by atoms with Crippen LogP contribution in [0.25, 0.3) is 0 Å². The highest BCUT2D eigenvalue weighted by atomic mass is 16.5. The molecule has 17 heavy (non-hydrogen) atoms. The van der Waals surface area contributed by atoms with E-state index < -0.39 is 11.5 Å². The van der Waals surface area contributed by atoms with Crippen LogP contribution >= 0.6 is 0 Å². The second-order valence-corrected chi connectivity index (χ2v) is 4.26. The van der Waals surface area contributed by atoms with Gasteiger partial charge in [0.15, 0.2) is 5.82 Å². The Balaban J connectivity index is 2.40. The number of carbonyl (C=O) groups is 1. The van der Waals surface area contributed by atoms with Crippen LogP contribution in [0.15, 0.2) is 6.20 Å². The topological polar surface area (TPSA) is 104 Å². The van der Waals surface area contributed by atoms with E-state index in [0.717, 1.165) is 25.7 Å². The lowest BCUT2D eigenvalue weighted by Gasteiger charge is -2.25. The number of primary amides is 1. The first-order valence-corrected chi connectivity index (χ1v) is 5.57. The molecule has 0 spiro atoms. The molecule has 0 radical (unpaired) electrons. The van der Waals surface area contributed by atoms with Crippen molar-refractivity contribution < 1.29 is 9.53 Å². The van der Waals surface area contributed by atoms with Crippen LogP contribution in [0, 0.1) is 0 Å². The van der Waals surface area contributed by atoms with Crippen LogP contribution in [0.4, 0.5) is 5.82 Å². The van der Waals surface area contributed by atoms with E-state index in [1.807, 2.05) is 0 Å². The molecule has 1 amide bonds. The quantitative estimate of drug-likeness (QED) is 0.798. The molecule has 1 aliphatic rings. The van der Waals surface area contributed by atoms with E-state index in [1.54, 1.807) is 7.11 Å². The number of nitrogens with two attached hydrogens (primary N) is 2. The van der Waals surface area contributed by atoms with Crippen LogP contribution in [-0.2, 0) is 10.3 Å². The summed E-state index contributed by atoms with van der Waals surface area (Å²) in [6.45, 7) is 0. The van der Waals surface area contributed by atoms with Crippen molar-refractivity contribution in [3.63, 3.8) is 0 Å². The van der Waals surface area contributed by atoms with Gasteiger partial charge in [-0.3, -0.25) is 4.79 Å². The summed E-state index contributed by atoms with van der Waals surface area (Å²) in [7, 11) is 1.65. The highest BCUT2D eigenvalue weighted by Crippen LogP contribution is 2.40. The van der Waals surface area contributed by atoms with Gasteiger partial charge in [0.05, 0.1) is 5.56 Å². The van der Waals surface area contributed by atoms with Gasteiger partial charge < -0.3 is 16.2 Å². The Morgan fingerprint density at radius 1 is 1.47 bits per heavy atom. The Bertz CT molecular complexity index is 441. The zero-order valence-electron chi connectivity index (χ0n) is 9.77. The molecule has 1 heterocycles. The number of methoxy groups -OCH3 is 1. The third kappa shape index (κ3) is 1.95. The average molecular weight is 236 g/mol. The standard InChI is InChI=1S/C11H16N4O2/c1-17-11(4-2-3-5-11)10-14-6-7(9(13)16)8(12)15-10/h6H,2-5H2,1H3,(H2,13,16)(H2,12,14,15). The molecule has 2 rings (SSSR count). The number of amides is 1. The summed E-state index contributed by atoms with van der Waals surface area (Å²) in [4.78, 5) is 19.4. The lowest BCUT2D eigenvalue weighted by molar-refractivity contribution is -0.0162. The molecule has 0 aromatic carbocycles. The van der Waals surface area contributed by atoms with E-state index in [4.69, 9.17) is 16.2 Å².